The first-order valence-electron chi connectivity index (χ1n) is 16.3. The molecular formula is C38H36N6O7. The number of anilines is 1. The highest BCUT2D eigenvalue weighted by Crippen LogP contribution is 2.36. The largest absolute Gasteiger partial charge is 0.493 e. The van der Waals surface area contributed by atoms with E-state index in [-0.39, 0.29) is 16.9 Å². The minimum atomic E-state index is -0.643. The summed E-state index contributed by atoms with van der Waals surface area (Å²) in [6.45, 7) is 2.75. The van der Waals surface area contributed by atoms with Crippen LogP contribution in [0.15, 0.2) is 88.1 Å². The molecule has 260 valence electrons. The van der Waals surface area contributed by atoms with Gasteiger partial charge in [-0.1, -0.05) is 36.4 Å². The topological polar surface area (TPSA) is 143 Å². The summed E-state index contributed by atoms with van der Waals surface area (Å²) in [5.74, 6) is 1.87. The van der Waals surface area contributed by atoms with Gasteiger partial charge in [-0.2, -0.15) is 0 Å². The number of ether oxygens (including phenoxy) is 4. The third kappa shape index (κ3) is 6.83. The maximum Gasteiger partial charge on any atom is 0.291 e. The minimum absolute atomic E-state index is 0.155. The standard InChI is InChI=1S/C38H36N6O7/c1-47-32-17-25-14-16-43(22-26(25)18-33(32)48-2)15-13-23-9-11-24(12-10-23)37-40-42-44(41-37)29-20-35(50-4)34(49-3)19-28(29)39-38(46)36-21-30(45)27-7-5-6-8-31(27)51-36/h5-12,17-21H,13-16,22H2,1-4H3,(H,39,46). The molecule has 0 unspecified atom stereocenters. The van der Waals surface area contributed by atoms with E-state index in [1.807, 2.05) is 12.1 Å². The number of amides is 1. The van der Waals surface area contributed by atoms with Crippen molar-refractivity contribution in [2.24, 2.45) is 0 Å². The molecule has 1 amide bonds. The lowest BCUT2D eigenvalue weighted by atomic mass is 9.98. The summed E-state index contributed by atoms with van der Waals surface area (Å²) in [7, 11) is 6.32. The van der Waals surface area contributed by atoms with Crippen molar-refractivity contribution in [1.29, 1.82) is 0 Å². The number of methoxy groups -OCH3 is 4. The van der Waals surface area contributed by atoms with E-state index >= 15 is 0 Å². The Morgan fingerprint density at radius 2 is 1.53 bits per heavy atom. The van der Waals surface area contributed by atoms with E-state index in [9.17, 15) is 9.59 Å². The van der Waals surface area contributed by atoms with E-state index in [4.69, 9.17) is 23.4 Å². The number of carbonyl (C=O) groups is 1. The zero-order valence-electron chi connectivity index (χ0n) is 28.6. The van der Waals surface area contributed by atoms with Gasteiger partial charge in [-0.25, -0.2) is 0 Å². The van der Waals surface area contributed by atoms with Gasteiger partial charge in [0.15, 0.2) is 34.2 Å². The first kappa shape index (κ1) is 33.3. The molecule has 0 spiro atoms. The number of aromatic nitrogens is 4. The molecular weight excluding hydrogens is 652 g/mol. The average molecular weight is 689 g/mol. The van der Waals surface area contributed by atoms with Crippen molar-refractivity contribution < 1.29 is 28.2 Å². The van der Waals surface area contributed by atoms with Gasteiger partial charge in [0.25, 0.3) is 5.91 Å². The second-order valence-electron chi connectivity index (χ2n) is 12.0. The van der Waals surface area contributed by atoms with Gasteiger partial charge in [0.2, 0.25) is 5.82 Å². The molecule has 7 rings (SSSR count). The number of para-hydroxylation sites is 1. The lowest BCUT2D eigenvalue weighted by Gasteiger charge is -2.29. The van der Waals surface area contributed by atoms with Crippen LogP contribution in [0.25, 0.3) is 28.0 Å². The monoisotopic (exact) mass is 688 g/mol. The number of hydrogen-bond donors (Lipinski definition) is 1. The molecule has 0 aliphatic carbocycles. The zero-order valence-corrected chi connectivity index (χ0v) is 28.6. The second kappa shape index (κ2) is 14.3. The third-order valence-corrected chi connectivity index (χ3v) is 8.96. The summed E-state index contributed by atoms with van der Waals surface area (Å²) in [6.07, 6.45) is 1.84. The molecule has 0 fully saturated rings. The van der Waals surface area contributed by atoms with Crippen LogP contribution in [-0.4, -0.2) is 72.5 Å². The van der Waals surface area contributed by atoms with E-state index in [1.165, 1.54) is 35.7 Å². The highest BCUT2D eigenvalue weighted by molar-refractivity contribution is 6.04. The highest BCUT2D eigenvalue weighted by Gasteiger charge is 2.22. The molecule has 13 heteroatoms. The Morgan fingerprint density at radius 1 is 0.843 bits per heavy atom. The van der Waals surface area contributed by atoms with E-state index in [2.05, 4.69) is 49.9 Å². The molecule has 51 heavy (non-hydrogen) atoms. The van der Waals surface area contributed by atoms with Crippen LogP contribution in [0.1, 0.15) is 27.2 Å². The third-order valence-electron chi connectivity index (χ3n) is 8.96. The van der Waals surface area contributed by atoms with E-state index < -0.39 is 5.91 Å². The fourth-order valence-electron chi connectivity index (χ4n) is 6.21. The van der Waals surface area contributed by atoms with Crippen molar-refractivity contribution in [1.82, 2.24) is 25.1 Å². The van der Waals surface area contributed by atoms with E-state index in [0.717, 1.165) is 55.6 Å². The number of carbonyl (C=O) groups excluding carboxylic acids is 1. The van der Waals surface area contributed by atoms with Crippen LogP contribution in [-0.2, 0) is 19.4 Å². The maximum atomic E-state index is 13.4. The number of hydrogen-bond acceptors (Lipinski definition) is 11. The quantitative estimate of drug-likeness (QED) is 0.189. The van der Waals surface area contributed by atoms with Gasteiger partial charge in [-0.05, 0) is 59.0 Å². The molecule has 0 saturated carbocycles. The van der Waals surface area contributed by atoms with Crippen molar-refractivity contribution in [3.8, 4) is 40.1 Å². The Hall–Kier alpha value is -6.21. The Kier molecular flexibility index (Phi) is 9.36. The SMILES string of the molecule is COc1cc2c(cc1OC)CN(CCc1ccc(-c3nnn(-c4cc(OC)c(OC)cc4NC(=O)c4cc(=O)c5ccccc5o4)n3)cc1)CC2. The molecule has 0 bridgehead atoms. The van der Waals surface area contributed by atoms with Crippen LogP contribution in [0.2, 0.25) is 0 Å². The summed E-state index contributed by atoms with van der Waals surface area (Å²) < 4.78 is 27.7. The number of nitrogens with one attached hydrogen (secondary N) is 1. The number of nitrogens with zero attached hydrogens (tertiary/aromatic N) is 5. The van der Waals surface area contributed by atoms with Crippen LogP contribution >= 0.6 is 0 Å². The van der Waals surface area contributed by atoms with Gasteiger partial charge in [-0.3, -0.25) is 14.5 Å². The Morgan fingerprint density at radius 3 is 2.27 bits per heavy atom. The lowest BCUT2D eigenvalue weighted by Crippen LogP contribution is -2.32. The molecule has 0 radical (unpaired) electrons. The fraction of sp³-hybridized carbons (Fsp3) is 0.237. The number of fused-ring (bicyclic) bond motifs is 2. The van der Waals surface area contributed by atoms with Gasteiger partial charge >= 0.3 is 0 Å². The van der Waals surface area contributed by atoms with Crippen molar-refractivity contribution in [2.45, 2.75) is 19.4 Å². The highest BCUT2D eigenvalue weighted by atomic mass is 16.5. The smallest absolute Gasteiger partial charge is 0.291 e. The Bertz CT molecular complexity index is 2280. The lowest BCUT2D eigenvalue weighted by molar-refractivity contribution is 0.0997. The van der Waals surface area contributed by atoms with Crippen LogP contribution in [0, 0.1) is 0 Å². The normalized spacial score (nSPS) is 12.7. The second-order valence-corrected chi connectivity index (χ2v) is 12.0. The van der Waals surface area contributed by atoms with Gasteiger partial charge in [0.05, 0.1) is 39.5 Å². The van der Waals surface area contributed by atoms with Crippen LogP contribution in [0.3, 0.4) is 0 Å². The minimum Gasteiger partial charge on any atom is -0.493 e. The predicted molar refractivity (Wildman–Crippen MR) is 190 cm³/mol. The van der Waals surface area contributed by atoms with Crippen molar-refractivity contribution in [3.63, 3.8) is 0 Å². The molecule has 13 nitrogen and oxygen atoms in total. The van der Waals surface area contributed by atoms with Crippen LogP contribution < -0.4 is 29.7 Å². The summed E-state index contributed by atoms with van der Waals surface area (Å²) in [4.78, 5) is 29.8. The van der Waals surface area contributed by atoms with Gasteiger partial charge < -0.3 is 28.7 Å². The first-order valence-corrected chi connectivity index (χ1v) is 16.3. The van der Waals surface area contributed by atoms with Crippen molar-refractivity contribution in [3.05, 3.63) is 112 Å². The summed E-state index contributed by atoms with van der Waals surface area (Å²) in [5, 5.41) is 16.4. The van der Waals surface area contributed by atoms with E-state index in [1.54, 1.807) is 50.6 Å². The predicted octanol–water partition coefficient (Wildman–Crippen LogP) is 5.32. The molecule has 1 aliphatic rings. The molecule has 1 N–H and O–H groups in total. The fourth-order valence-corrected chi connectivity index (χ4v) is 6.21. The molecule has 0 atom stereocenters. The molecule has 4 aromatic carbocycles. The first-order chi connectivity index (χ1) is 24.9. The van der Waals surface area contributed by atoms with Gasteiger partial charge in [0, 0.05) is 43.4 Å². The molecule has 1 aliphatic heterocycles. The van der Waals surface area contributed by atoms with Gasteiger partial charge in [0.1, 0.15) is 11.3 Å². The Labute approximate surface area is 293 Å². The van der Waals surface area contributed by atoms with Gasteiger partial charge in [-0.15, -0.1) is 15.0 Å². The molecule has 3 heterocycles. The summed E-state index contributed by atoms with van der Waals surface area (Å²) in [6, 6.07) is 23.4. The zero-order chi connectivity index (χ0) is 35.5. The summed E-state index contributed by atoms with van der Waals surface area (Å²) in [5.41, 5.74) is 5.15. The van der Waals surface area contributed by atoms with E-state index in [0.29, 0.717) is 34.0 Å². The van der Waals surface area contributed by atoms with Crippen molar-refractivity contribution >= 4 is 22.6 Å². The average Bonchev–Trinajstić information content (AvgIpc) is 3.66. The Balaban J connectivity index is 1.07. The van der Waals surface area contributed by atoms with Crippen molar-refractivity contribution in [2.75, 3.05) is 46.8 Å². The number of benzene rings is 4. The number of tetrazole rings is 1. The molecule has 0 saturated heterocycles. The van der Waals surface area contributed by atoms with Crippen LogP contribution in [0.4, 0.5) is 5.69 Å². The molecule has 2 aromatic heterocycles. The number of rotatable bonds is 11. The van der Waals surface area contributed by atoms with Crippen LogP contribution in [0.5, 0.6) is 23.0 Å². The summed E-state index contributed by atoms with van der Waals surface area (Å²) >= 11 is 0. The molecule has 6 aromatic rings. The maximum absolute atomic E-state index is 13.4.